The second kappa shape index (κ2) is 6.10. The summed E-state index contributed by atoms with van der Waals surface area (Å²) in [4.78, 5) is 15.5. The van der Waals surface area contributed by atoms with Crippen LogP contribution in [0.2, 0.25) is 0 Å². The minimum absolute atomic E-state index is 0.0808. The summed E-state index contributed by atoms with van der Waals surface area (Å²) in [6, 6.07) is 1.64. The van der Waals surface area contributed by atoms with Crippen molar-refractivity contribution < 1.29 is 9.90 Å². The van der Waals surface area contributed by atoms with Gasteiger partial charge in [-0.15, -0.1) is 0 Å². The molecule has 1 unspecified atom stereocenters. The Bertz CT molecular complexity index is 353. The van der Waals surface area contributed by atoms with E-state index >= 15 is 0 Å². The van der Waals surface area contributed by atoms with Crippen LogP contribution < -0.4 is 5.32 Å². The molecule has 4 heteroatoms. The van der Waals surface area contributed by atoms with Gasteiger partial charge >= 0.3 is 0 Å². The molecule has 1 aromatic rings. The monoisotopic (exact) mass is 222 g/mol. The molecular weight excluding hydrogens is 204 g/mol. The number of unbranched alkanes of at least 4 members (excludes halogenated alkanes) is 1. The molecule has 4 nitrogen and oxygen atoms in total. The van der Waals surface area contributed by atoms with E-state index in [1.807, 2.05) is 6.92 Å². The Labute approximate surface area is 95.7 Å². The summed E-state index contributed by atoms with van der Waals surface area (Å²) in [5.41, 5.74) is 0.276. The van der Waals surface area contributed by atoms with Crippen LogP contribution in [-0.2, 0) is 0 Å². The highest BCUT2D eigenvalue weighted by molar-refractivity contribution is 5.96. The predicted octanol–water partition coefficient (Wildman–Crippen LogP) is 2.10. The van der Waals surface area contributed by atoms with Crippen LogP contribution >= 0.6 is 0 Å². The topological polar surface area (TPSA) is 62.2 Å². The number of amides is 1. The number of aromatic hydroxyl groups is 1. The molecule has 0 fully saturated rings. The number of rotatable bonds is 5. The molecule has 16 heavy (non-hydrogen) atoms. The standard InChI is InChI=1S/C12H18N2O2/c1-3-4-5-9(2)14-12(16)10-6-7-13-8-11(10)15/h6-9,15H,3-5H2,1-2H3,(H,14,16). The van der Waals surface area contributed by atoms with Crippen LogP contribution in [0.4, 0.5) is 0 Å². The lowest BCUT2D eigenvalue weighted by Crippen LogP contribution is -2.32. The Morgan fingerprint density at radius 2 is 2.38 bits per heavy atom. The minimum atomic E-state index is -0.247. The zero-order chi connectivity index (χ0) is 12.0. The zero-order valence-corrected chi connectivity index (χ0v) is 9.73. The van der Waals surface area contributed by atoms with Gasteiger partial charge in [-0.05, 0) is 19.4 Å². The van der Waals surface area contributed by atoms with E-state index < -0.39 is 0 Å². The number of hydrogen-bond acceptors (Lipinski definition) is 3. The smallest absolute Gasteiger partial charge is 0.255 e. The summed E-state index contributed by atoms with van der Waals surface area (Å²) < 4.78 is 0. The van der Waals surface area contributed by atoms with E-state index in [1.165, 1.54) is 18.5 Å². The Kier molecular flexibility index (Phi) is 4.76. The van der Waals surface area contributed by atoms with Crippen molar-refractivity contribution in [2.45, 2.75) is 39.2 Å². The summed E-state index contributed by atoms with van der Waals surface area (Å²) in [7, 11) is 0. The Hall–Kier alpha value is -1.58. The van der Waals surface area contributed by atoms with Gasteiger partial charge in [-0.3, -0.25) is 9.78 Å². The number of nitrogens with one attached hydrogen (secondary N) is 1. The normalized spacial score (nSPS) is 12.1. The second-order valence-electron chi connectivity index (χ2n) is 3.91. The summed E-state index contributed by atoms with van der Waals surface area (Å²) in [5.74, 6) is -0.328. The molecule has 1 aromatic heterocycles. The quantitative estimate of drug-likeness (QED) is 0.802. The van der Waals surface area contributed by atoms with Gasteiger partial charge in [0.1, 0.15) is 5.75 Å². The van der Waals surface area contributed by atoms with Crippen molar-refractivity contribution in [2.75, 3.05) is 0 Å². The Morgan fingerprint density at radius 3 is 3.00 bits per heavy atom. The lowest BCUT2D eigenvalue weighted by atomic mass is 10.1. The fourth-order valence-corrected chi connectivity index (χ4v) is 1.46. The third-order valence-corrected chi connectivity index (χ3v) is 2.41. The predicted molar refractivity (Wildman–Crippen MR) is 62.4 cm³/mol. The summed E-state index contributed by atoms with van der Waals surface area (Å²) in [5, 5.41) is 12.3. The first-order valence-corrected chi connectivity index (χ1v) is 5.59. The molecule has 0 spiro atoms. The van der Waals surface area contributed by atoms with E-state index in [-0.39, 0.29) is 23.3 Å². The fraction of sp³-hybridized carbons (Fsp3) is 0.500. The van der Waals surface area contributed by atoms with Crippen molar-refractivity contribution in [3.63, 3.8) is 0 Å². The first-order chi connectivity index (χ1) is 7.65. The van der Waals surface area contributed by atoms with Crippen LogP contribution in [0.3, 0.4) is 0 Å². The minimum Gasteiger partial charge on any atom is -0.505 e. The van der Waals surface area contributed by atoms with E-state index in [9.17, 15) is 9.90 Å². The highest BCUT2D eigenvalue weighted by atomic mass is 16.3. The lowest BCUT2D eigenvalue weighted by molar-refractivity contribution is 0.0935. The van der Waals surface area contributed by atoms with E-state index in [4.69, 9.17) is 0 Å². The molecule has 1 rings (SSSR count). The van der Waals surface area contributed by atoms with Crippen LogP contribution in [0.1, 0.15) is 43.5 Å². The fourth-order valence-electron chi connectivity index (χ4n) is 1.46. The van der Waals surface area contributed by atoms with Gasteiger partial charge in [0.2, 0.25) is 0 Å². The van der Waals surface area contributed by atoms with Crippen LogP contribution in [0.15, 0.2) is 18.5 Å². The molecule has 0 radical (unpaired) electrons. The molecule has 1 atom stereocenters. The molecule has 0 saturated carbocycles. The van der Waals surface area contributed by atoms with Gasteiger partial charge in [0.05, 0.1) is 11.8 Å². The van der Waals surface area contributed by atoms with Crippen molar-refractivity contribution >= 4 is 5.91 Å². The highest BCUT2D eigenvalue weighted by Crippen LogP contribution is 2.14. The molecule has 0 bridgehead atoms. The molecule has 88 valence electrons. The Balaban J connectivity index is 2.56. The van der Waals surface area contributed by atoms with Gasteiger partial charge in [-0.25, -0.2) is 0 Å². The molecule has 0 aliphatic rings. The number of hydrogen-bond donors (Lipinski definition) is 2. The summed E-state index contributed by atoms with van der Waals surface area (Å²) in [6.45, 7) is 4.08. The maximum Gasteiger partial charge on any atom is 0.255 e. The first-order valence-electron chi connectivity index (χ1n) is 5.59. The number of carbonyl (C=O) groups excluding carboxylic acids is 1. The van der Waals surface area contributed by atoms with E-state index in [1.54, 1.807) is 0 Å². The molecule has 1 amide bonds. The maximum absolute atomic E-state index is 11.7. The molecule has 0 aromatic carbocycles. The van der Waals surface area contributed by atoms with Gasteiger partial charge in [0, 0.05) is 12.2 Å². The molecule has 0 saturated heterocycles. The van der Waals surface area contributed by atoms with Gasteiger partial charge < -0.3 is 10.4 Å². The van der Waals surface area contributed by atoms with Crippen molar-refractivity contribution in [2.24, 2.45) is 0 Å². The second-order valence-corrected chi connectivity index (χ2v) is 3.91. The van der Waals surface area contributed by atoms with Crippen molar-refractivity contribution in [3.05, 3.63) is 24.0 Å². The average molecular weight is 222 g/mol. The number of pyridine rings is 1. The maximum atomic E-state index is 11.7. The number of carbonyl (C=O) groups is 1. The summed E-state index contributed by atoms with van der Waals surface area (Å²) in [6.07, 6.45) is 5.91. The number of nitrogens with zero attached hydrogens (tertiary/aromatic N) is 1. The zero-order valence-electron chi connectivity index (χ0n) is 9.73. The Morgan fingerprint density at radius 1 is 1.62 bits per heavy atom. The average Bonchev–Trinajstić information content (AvgIpc) is 2.26. The summed E-state index contributed by atoms with van der Waals surface area (Å²) >= 11 is 0. The largest absolute Gasteiger partial charge is 0.505 e. The molecule has 2 N–H and O–H groups in total. The van der Waals surface area contributed by atoms with Crippen LogP contribution in [0.5, 0.6) is 5.75 Å². The van der Waals surface area contributed by atoms with Crippen LogP contribution in [0, 0.1) is 0 Å². The third kappa shape index (κ3) is 3.53. The lowest BCUT2D eigenvalue weighted by Gasteiger charge is -2.13. The van der Waals surface area contributed by atoms with E-state index in [2.05, 4.69) is 17.2 Å². The van der Waals surface area contributed by atoms with Crippen molar-refractivity contribution in [3.8, 4) is 5.75 Å². The van der Waals surface area contributed by atoms with Gasteiger partial charge in [0.15, 0.2) is 0 Å². The molecule has 0 aliphatic carbocycles. The third-order valence-electron chi connectivity index (χ3n) is 2.41. The first kappa shape index (κ1) is 12.5. The van der Waals surface area contributed by atoms with Crippen LogP contribution in [-0.4, -0.2) is 22.0 Å². The van der Waals surface area contributed by atoms with Gasteiger partial charge in [-0.2, -0.15) is 0 Å². The molecule has 0 aliphatic heterocycles. The van der Waals surface area contributed by atoms with Gasteiger partial charge in [-0.1, -0.05) is 19.8 Å². The van der Waals surface area contributed by atoms with E-state index in [0.717, 1.165) is 19.3 Å². The van der Waals surface area contributed by atoms with Crippen molar-refractivity contribution in [1.82, 2.24) is 10.3 Å². The van der Waals surface area contributed by atoms with Crippen molar-refractivity contribution in [1.29, 1.82) is 0 Å². The number of aromatic nitrogens is 1. The molecular formula is C12H18N2O2. The van der Waals surface area contributed by atoms with Gasteiger partial charge in [0.25, 0.3) is 5.91 Å². The van der Waals surface area contributed by atoms with E-state index in [0.29, 0.717) is 0 Å². The molecule has 1 heterocycles. The van der Waals surface area contributed by atoms with Crippen LogP contribution in [0.25, 0.3) is 0 Å². The highest BCUT2D eigenvalue weighted by Gasteiger charge is 2.12. The SMILES string of the molecule is CCCCC(C)NC(=O)c1ccncc1O.